The first-order valence-electron chi connectivity index (χ1n) is 12.8. The molecule has 0 spiro atoms. The van der Waals surface area contributed by atoms with Gasteiger partial charge in [0.05, 0.1) is 19.3 Å². The third-order valence-electron chi connectivity index (χ3n) is 6.41. The quantitative estimate of drug-likeness (QED) is 0.265. The van der Waals surface area contributed by atoms with Gasteiger partial charge in [0.15, 0.2) is 11.5 Å². The number of phenols is 1. The van der Waals surface area contributed by atoms with E-state index in [1.807, 2.05) is 25.1 Å². The molecule has 1 amide bonds. The van der Waals surface area contributed by atoms with E-state index in [2.05, 4.69) is 17.1 Å². The second kappa shape index (κ2) is 12.3. The number of ether oxygens (including phenoxy) is 3. The SMILES string of the molecule is CCCCCOc1ccc(C2c3c(-c4cc(Cl)ccc4O)n[nH]c3C(=O)N2CCCOC)cc1OCC. The Bertz CT molecular complexity index is 1230. The van der Waals surface area contributed by atoms with Gasteiger partial charge < -0.3 is 24.2 Å². The largest absolute Gasteiger partial charge is 0.507 e. The molecule has 1 unspecified atom stereocenters. The number of hydrogen-bond donors (Lipinski definition) is 2. The summed E-state index contributed by atoms with van der Waals surface area (Å²) in [6.07, 6.45) is 3.86. The average Bonchev–Trinajstić information content (AvgIpc) is 3.43. The van der Waals surface area contributed by atoms with Crippen molar-refractivity contribution in [3.8, 4) is 28.5 Å². The molecule has 2 heterocycles. The lowest BCUT2D eigenvalue weighted by molar-refractivity contribution is 0.0723. The number of amides is 1. The van der Waals surface area contributed by atoms with E-state index in [0.29, 0.717) is 71.8 Å². The van der Waals surface area contributed by atoms with Crippen LogP contribution in [0.1, 0.15) is 67.2 Å². The summed E-state index contributed by atoms with van der Waals surface area (Å²) in [6.45, 7) is 6.19. The third-order valence-corrected chi connectivity index (χ3v) is 6.65. The fourth-order valence-corrected chi connectivity index (χ4v) is 4.84. The van der Waals surface area contributed by atoms with Gasteiger partial charge in [0.25, 0.3) is 5.91 Å². The van der Waals surface area contributed by atoms with Crippen LogP contribution in [0, 0.1) is 0 Å². The number of carbonyl (C=O) groups excluding carboxylic acids is 1. The molecule has 0 radical (unpaired) electrons. The number of methoxy groups -OCH3 is 1. The number of aromatic nitrogens is 2. The van der Waals surface area contributed by atoms with Crippen LogP contribution in [0.3, 0.4) is 0 Å². The van der Waals surface area contributed by atoms with Crippen molar-refractivity contribution >= 4 is 17.5 Å². The van der Waals surface area contributed by atoms with E-state index in [9.17, 15) is 9.90 Å². The molecule has 2 N–H and O–H groups in total. The molecule has 1 aromatic heterocycles. The summed E-state index contributed by atoms with van der Waals surface area (Å²) < 4.78 is 17.2. The number of carbonyl (C=O) groups is 1. The van der Waals surface area contributed by atoms with Crippen LogP contribution in [0.5, 0.6) is 17.2 Å². The Hall–Kier alpha value is -3.23. The van der Waals surface area contributed by atoms with Gasteiger partial charge in [0.1, 0.15) is 17.1 Å². The maximum absolute atomic E-state index is 13.5. The van der Waals surface area contributed by atoms with Crippen molar-refractivity contribution in [2.75, 3.05) is 33.5 Å². The summed E-state index contributed by atoms with van der Waals surface area (Å²) in [5.41, 5.74) is 2.90. The minimum atomic E-state index is -0.445. The van der Waals surface area contributed by atoms with E-state index < -0.39 is 6.04 Å². The highest BCUT2D eigenvalue weighted by atomic mass is 35.5. The lowest BCUT2D eigenvalue weighted by Crippen LogP contribution is -2.31. The fourth-order valence-electron chi connectivity index (χ4n) is 4.67. The Morgan fingerprint density at radius 2 is 1.89 bits per heavy atom. The van der Waals surface area contributed by atoms with Gasteiger partial charge in [0, 0.05) is 36.4 Å². The van der Waals surface area contributed by atoms with Crippen molar-refractivity contribution in [1.82, 2.24) is 15.1 Å². The summed E-state index contributed by atoms with van der Waals surface area (Å²) in [5, 5.41) is 18.4. The molecule has 3 aromatic rings. The highest BCUT2D eigenvalue weighted by molar-refractivity contribution is 6.31. The van der Waals surface area contributed by atoms with Gasteiger partial charge in [-0.05, 0) is 55.7 Å². The van der Waals surface area contributed by atoms with Gasteiger partial charge in [-0.1, -0.05) is 37.4 Å². The molecule has 0 bridgehead atoms. The van der Waals surface area contributed by atoms with Gasteiger partial charge in [-0.15, -0.1) is 0 Å². The molecular weight excluding hydrogens is 494 g/mol. The minimum absolute atomic E-state index is 0.0357. The predicted octanol–water partition coefficient (Wildman–Crippen LogP) is 5.99. The molecule has 8 nitrogen and oxygen atoms in total. The van der Waals surface area contributed by atoms with Crippen LogP contribution in [-0.2, 0) is 4.74 Å². The van der Waals surface area contributed by atoms with E-state index >= 15 is 0 Å². The van der Waals surface area contributed by atoms with Crippen molar-refractivity contribution in [2.24, 2.45) is 0 Å². The first-order chi connectivity index (χ1) is 18.0. The number of benzene rings is 2. The van der Waals surface area contributed by atoms with Crippen LogP contribution >= 0.6 is 11.6 Å². The first kappa shape index (κ1) is 26.8. The van der Waals surface area contributed by atoms with Crippen LogP contribution in [0.25, 0.3) is 11.3 Å². The third kappa shape index (κ3) is 5.70. The Labute approximate surface area is 222 Å². The summed E-state index contributed by atoms with van der Waals surface area (Å²) in [4.78, 5) is 15.3. The number of aromatic amines is 1. The number of aromatic hydroxyl groups is 1. The molecule has 0 fully saturated rings. The van der Waals surface area contributed by atoms with Crippen LogP contribution in [0.4, 0.5) is 0 Å². The standard InChI is InChI=1S/C28H34ClN3O5/c1-4-6-7-15-37-22-12-9-18(16-23(22)36-5-2)27-24-25(20-17-19(29)10-11-21(20)33)30-31-26(24)28(34)32(27)13-8-14-35-3/h9-12,16-17,27,33H,4-8,13-15H2,1-3H3,(H,30,31). The van der Waals surface area contributed by atoms with E-state index in [-0.39, 0.29) is 11.7 Å². The normalized spacial score (nSPS) is 14.8. The number of phenolic OH excluding ortho intramolecular Hbond substituents is 1. The Balaban J connectivity index is 1.78. The van der Waals surface area contributed by atoms with Gasteiger partial charge >= 0.3 is 0 Å². The number of halogens is 1. The second-order valence-corrected chi connectivity index (χ2v) is 9.40. The molecule has 1 atom stereocenters. The number of nitrogens with zero attached hydrogens (tertiary/aromatic N) is 2. The summed E-state index contributed by atoms with van der Waals surface area (Å²) in [6, 6.07) is 10.1. The molecule has 0 saturated heterocycles. The first-order valence-corrected chi connectivity index (χ1v) is 13.1. The van der Waals surface area contributed by atoms with Crippen molar-refractivity contribution in [2.45, 2.75) is 45.6 Å². The number of hydrogen-bond acceptors (Lipinski definition) is 6. The zero-order chi connectivity index (χ0) is 26.4. The zero-order valence-electron chi connectivity index (χ0n) is 21.6. The highest BCUT2D eigenvalue weighted by Gasteiger charge is 2.42. The maximum atomic E-state index is 13.5. The van der Waals surface area contributed by atoms with Crippen LogP contribution in [0.2, 0.25) is 5.02 Å². The number of unbranched alkanes of at least 4 members (excludes halogenated alkanes) is 2. The monoisotopic (exact) mass is 527 g/mol. The Morgan fingerprint density at radius 1 is 1.05 bits per heavy atom. The summed E-state index contributed by atoms with van der Waals surface area (Å²) >= 11 is 6.24. The van der Waals surface area contributed by atoms with Gasteiger partial charge in [-0.25, -0.2) is 0 Å². The molecule has 2 aromatic carbocycles. The summed E-state index contributed by atoms with van der Waals surface area (Å²) in [5.74, 6) is 1.18. The van der Waals surface area contributed by atoms with Crippen LogP contribution in [0.15, 0.2) is 36.4 Å². The number of nitrogens with one attached hydrogen (secondary N) is 1. The number of rotatable bonds is 13. The molecule has 9 heteroatoms. The van der Waals surface area contributed by atoms with Crippen molar-refractivity contribution in [1.29, 1.82) is 0 Å². The molecule has 1 aliphatic rings. The second-order valence-electron chi connectivity index (χ2n) is 8.96. The van der Waals surface area contributed by atoms with Gasteiger partial charge in [-0.2, -0.15) is 5.10 Å². The zero-order valence-corrected chi connectivity index (χ0v) is 22.3. The van der Waals surface area contributed by atoms with Crippen LogP contribution < -0.4 is 9.47 Å². The number of H-pyrrole nitrogens is 1. The molecule has 198 valence electrons. The molecule has 1 aliphatic heterocycles. The maximum Gasteiger partial charge on any atom is 0.273 e. The minimum Gasteiger partial charge on any atom is -0.507 e. The lowest BCUT2D eigenvalue weighted by Gasteiger charge is -2.27. The number of fused-ring (bicyclic) bond motifs is 1. The van der Waals surface area contributed by atoms with E-state index in [1.54, 1.807) is 24.1 Å². The van der Waals surface area contributed by atoms with Gasteiger partial charge in [0.2, 0.25) is 0 Å². The van der Waals surface area contributed by atoms with Crippen molar-refractivity contribution in [3.63, 3.8) is 0 Å². The molecule has 37 heavy (non-hydrogen) atoms. The molecular formula is C28H34ClN3O5. The molecule has 0 aliphatic carbocycles. The Kier molecular flexibility index (Phi) is 8.95. The van der Waals surface area contributed by atoms with Gasteiger partial charge in [-0.3, -0.25) is 9.89 Å². The van der Waals surface area contributed by atoms with E-state index in [4.69, 9.17) is 25.8 Å². The van der Waals surface area contributed by atoms with E-state index in [0.717, 1.165) is 24.8 Å². The smallest absolute Gasteiger partial charge is 0.273 e. The molecule has 0 saturated carbocycles. The average molecular weight is 528 g/mol. The highest BCUT2D eigenvalue weighted by Crippen LogP contribution is 2.46. The van der Waals surface area contributed by atoms with Crippen molar-refractivity contribution < 1.29 is 24.1 Å². The fraction of sp³-hybridized carbons (Fsp3) is 0.429. The Morgan fingerprint density at radius 3 is 2.65 bits per heavy atom. The summed E-state index contributed by atoms with van der Waals surface area (Å²) in [7, 11) is 1.64. The topological polar surface area (TPSA) is 96.9 Å². The van der Waals surface area contributed by atoms with E-state index in [1.165, 1.54) is 6.07 Å². The molecule has 4 rings (SSSR count). The van der Waals surface area contributed by atoms with Crippen LogP contribution in [-0.4, -0.2) is 59.6 Å². The predicted molar refractivity (Wildman–Crippen MR) is 143 cm³/mol. The lowest BCUT2D eigenvalue weighted by atomic mass is 9.95. The van der Waals surface area contributed by atoms with Crippen molar-refractivity contribution in [3.05, 3.63) is 58.2 Å².